The van der Waals surface area contributed by atoms with Crippen molar-refractivity contribution in [2.75, 3.05) is 0 Å². The van der Waals surface area contributed by atoms with Gasteiger partial charge in [0.05, 0.1) is 11.0 Å². The van der Waals surface area contributed by atoms with Gasteiger partial charge in [-0.3, -0.25) is 4.79 Å². The highest BCUT2D eigenvalue weighted by Crippen LogP contribution is 2.25. The van der Waals surface area contributed by atoms with Crippen LogP contribution in [0.1, 0.15) is 29.5 Å². The normalized spacial score (nSPS) is 19.2. The van der Waals surface area contributed by atoms with Crippen LogP contribution in [0.2, 0.25) is 0 Å². The maximum atomic E-state index is 11.1. The second-order valence-electron chi connectivity index (χ2n) is 4.85. The number of amides is 1. The van der Waals surface area contributed by atoms with Crippen LogP contribution in [0, 0.1) is 5.92 Å². The van der Waals surface area contributed by atoms with Crippen molar-refractivity contribution in [1.29, 1.82) is 0 Å². The highest BCUT2D eigenvalue weighted by Gasteiger charge is 2.19. The molecule has 4 heteroatoms. The SMILES string of the molecule is CC1CCn2c(nc3cc(C(N)=O)ccc32)C1. The quantitative estimate of drug-likeness (QED) is 0.809. The first-order chi connectivity index (χ1) is 8.15. The number of carbonyl (C=O) groups excluding carboxylic acids is 1. The summed E-state index contributed by atoms with van der Waals surface area (Å²) in [5.41, 5.74) is 7.79. The molecule has 0 saturated heterocycles. The van der Waals surface area contributed by atoms with E-state index in [1.807, 2.05) is 6.07 Å². The summed E-state index contributed by atoms with van der Waals surface area (Å²) in [6.07, 6.45) is 2.20. The largest absolute Gasteiger partial charge is 0.366 e. The number of hydrogen-bond acceptors (Lipinski definition) is 2. The standard InChI is InChI=1S/C13H15N3O/c1-8-4-5-16-11-3-2-9(13(14)17)7-10(11)15-12(16)6-8/h2-3,7-8H,4-6H2,1H3,(H2,14,17). The van der Waals surface area contributed by atoms with Crippen LogP contribution in [-0.2, 0) is 13.0 Å². The fourth-order valence-electron chi connectivity index (χ4n) is 2.50. The number of aromatic nitrogens is 2. The van der Waals surface area contributed by atoms with Gasteiger partial charge in [0.25, 0.3) is 0 Å². The summed E-state index contributed by atoms with van der Waals surface area (Å²) in [6.45, 7) is 3.26. The van der Waals surface area contributed by atoms with Gasteiger partial charge in [-0.2, -0.15) is 0 Å². The van der Waals surface area contributed by atoms with Crippen molar-refractivity contribution in [3.05, 3.63) is 29.6 Å². The van der Waals surface area contributed by atoms with Gasteiger partial charge in [-0.05, 0) is 30.5 Å². The lowest BCUT2D eigenvalue weighted by Gasteiger charge is -2.19. The molecule has 17 heavy (non-hydrogen) atoms. The van der Waals surface area contributed by atoms with Crippen molar-refractivity contribution in [3.8, 4) is 0 Å². The Morgan fingerprint density at radius 3 is 3.12 bits per heavy atom. The Balaban J connectivity index is 2.17. The van der Waals surface area contributed by atoms with E-state index in [4.69, 9.17) is 5.73 Å². The van der Waals surface area contributed by atoms with Gasteiger partial charge >= 0.3 is 0 Å². The highest BCUT2D eigenvalue weighted by atomic mass is 16.1. The predicted molar refractivity (Wildman–Crippen MR) is 65.7 cm³/mol. The summed E-state index contributed by atoms with van der Waals surface area (Å²) >= 11 is 0. The molecule has 0 bridgehead atoms. The van der Waals surface area contributed by atoms with Crippen molar-refractivity contribution in [1.82, 2.24) is 9.55 Å². The summed E-state index contributed by atoms with van der Waals surface area (Å²) < 4.78 is 2.25. The molecule has 4 nitrogen and oxygen atoms in total. The molecular formula is C13H15N3O. The molecule has 1 amide bonds. The van der Waals surface area contributed by atoms with E-state index in [1.165, 1.54) is 6.42 Å². The van der Waals surface area contributed by atoms with Crippen LogP contribution in [0.25, 0.3) is 11.0 Å². The number of benzene rings is 1. The Kier molecular flexibility index (Phi) is 2.18. The molecule has 1 aromatic carbocycles. The van der Waals surface area contributed by atoms with Gasteiger partial charge in [0, 0.05) is 18.5 Å². The molecule has 1 aliphatic rings. The lowest BCUT2D eigenvalue weighted by molar-refractivity contribution is 0.100. The number of nitrogens with zero attached hydrogens (tertiary/aromatic N) is 2. The molecule has 2 aromatic rings. The monoisotopic (exact) mass is 229 g/mol. The highest BCUT2D eigenvalue weighted by molar-refractivity contribution is 5.96. The zero-order chi connectivity index (χ0) is 12.0. The lowest BCUT2D eigenvalue weighted by Crippen LogP contribution is -2.17. The van der Waals surface area contributed by atoms with Gasteiger partial charge in [-0.25, -0.2) is 4.98 Å². The maximum Gasteiger partial charge on any atom is 0.248 e. The van der Waals surface area contributed by atoms with E-state index in [2.05, 4.69) is 16.5 Å². The number of nitrogens with two attached hydrogens (primary N) is 1. The number of hydrogen-bond donors (Lipinski definition) is 1. The van der Waals surface area contributed by atoms with Crippen LogP contribution < -0.4 is 5.73 Å². The van der Waals surface area contributed by atoms with Gasteiger partial charge in [0.15, 0.2) is 0 Å². The summed E-state index contributed by atoms with van der Waals surface area (Å²) in [5, 5.41) is 0. The average Bonchev–Trinajstić information content (AvgIpc) is 2.64. The van der Waals surface area contributed by atoms with Crippen molar-refractivity contribution in [3.63, 3.8) is 0 Å². The molecule has 0 spiro atoms. The van der Waals surface area contributed by atoms with E-state index in [9.17, 15) is 4.79 Å². The predicted octanol–water partition coefficient (Wildman–Crippen LogP) is 1.72. The summed E-state index contributed by atoms with van der Waals surface area (Å²) in [5.74, 6) is 1.42. The topological polar surface area (TPSA) is 60.9 Å². The maximum absolute atomic E-state index is 11.1. The Morgan fingerprint density at radius 1 is 1.53 bits per heavy atom. The minimum absolute atomic E-state index is 0.397. The molecule has 88 valence electrons. The van der Waals surface area contributed by atoms with Crippen LogP contribution >= 0.6 is 0 Å². The van der Waals surface area contributed by atoms with Crippen molar-refractivity contribution >= 4 is 16.9 Å². The Morgan fingerprint density at radius 2 is 2.35 bits per heavy atom. The summed E-state index contributed by atoms with van der Waals surface area (Å²) in [6, 6.07) is 5.51. The molecule has 0 aliphatic carbocycles. The Bertz CT molecular complexity index is 600. The van der Waals surface area contributed by atoms with E-state index in [0.29, 0.717) is 11.5 Å². The van der Waals surface area contributed by atoms with Crippen molar-refractivity contribution < 1.29 is 4.79 Å². The zero-order valence-corrected chi connectivity index (χ0v) is 9.81. The smallest absolute Gasteiger partial charge is 0.248 e. The second kappa shape index (κ2) is 3.58. The van der Waals surface area contributed by atoms with Crippen LogP contribution in [0.4, 0.5) is 0 Å². The number of fused-ring (bicyclic) bond motifs is 3. The minimum atomic E-state index is -0.397. The third-order valence-electron chi connectivity index (χ3n) is 3.49. The lowest BCUT2D eigenvalue weighted by atomic mass is 10.0. The van der Waals surface area contributed by atoms with Crippen LogP contribution in [0.3, 0.4) is 0 Å². The van der Waals surface area contributed by atoms with E-state index < -0.39 is 5.91 Å². The molecule has 3 rings (SSSR count). The molecule has 0 saturated carbocycles. The third kappa shape index (κ3) is 1.60. The van der Waals surface area contributed by atoms with Crippen LogP contribution in [0.5, 0.6) is 0 Å². The van der Waals surface area contributed by atoms with E-state index in [1.54, 1.807) is 12.1 Å². The first kappa shape index (κ1) is 10.3. The van der Waals surface area contributed by atoms with Crippen molar-refractivity contribution in [2.24, 2.45) is 11.7 Å². The molecule has 1 atom stereocenters. The first-order valence-electron chi connectivity index (χ1n) is 5.94. The zero-order valence-electron chi connectivity index (χ0n) is 9.81. The van der Waals surface area contributed by atoms with Crippen molar-refractivity contribution in [2.45, 2.75) is 26.3 Å². The van der Waals surface area contributed by atoms with Crippen LogP contribution in [-0.4, -0.2) is 15.5 Å². The minimum Gasteiger partial charge on any atom is -0.366 e. The van der Waals surface area contributed by atoms with E-state index in [-0.39, 0.29) is 0 Å². The fourth-order valence-corrected chi connectivity index (χ4v) is 2.50. The number of rotatable bonds is 1. The third-order valence-corrected chi connectivity index (χ3v) is 3.49. The molecule has 2 N–H and O–H groups in total. The summed E-state index contributed by atoms with van der Waals surface area (Å²) in [4.78, 5) is 15.7. The number of aryl methyl sites for hydroxylation is 1. The number of primary amides is 1. The Labute approximate surface area is 99.4 Å². The van der Waals surface area contributed by atoms with E-state index in [0.717, 1.165) is 29.8 Å². The van der Waals surface area contributed by atoms with Crippen LogP contribution in [0.15, 0.2) is 18.2 Å². The summed E-state index contributed by atoms with van der Waals surface area (Å²) in [7, 11) is 0. The number of imidazole rings is 1. The molecule has 1 unspecified atom stereocenters. The fraction of sp³-hybridized carbons (Fsp3) is 0.385. The van der Waals surface area contributed by atoms with Gasteiger partial charge in [-0.1, -0.05) is 6.92 Å². The first-order valence-corrected chi connectivity index (χ1v) is 5.94. The van der Waals surface area contributed by atoms with Gasteiger partial charge in [0.2, 0.25) is 5.91 Å². The molecule has 0 radical (unpaired) electrons. The molecular weight excluding hydrogens is 214 g/mol. The van der Waals surface area contributed by atoms with Gasteiger partial charge in [0.1, 0.15) is 5.82 Å². The molecule has 0 fully saturated rings. The number of carbonyl (C=O) groups is 1. The Hall–Kier alpha value is -1.84. The molecule has 1 aromatic heterocycles. The average molecular weight is 229 g/mol. The second-order valence-corrected chi connectivity index (χ2v) is 4.85. The van der Waals surface area contributed by atoms with Gasteiger partial charge in [-0.15, -0.1) is 0 Å². The van der Waals surface area contributed by atoms with E-state index >= 15 is 0 Å². The van der Waals surface area contributed by atoms with Gasteiger partial charge < -0.3 is 10.3 Å². The molecule has 1 aliphatic heterocycles. The molecule has 2 heterocycles.